The molecule has 1 heterocycles. The van der Waals surface area contributed by atoms with Crippen LogP contribution >= 0.6 is 0 Å². The van der Waals surface area contributed by atoms with E-state index >= 15 is 0 Å². The van der Waals surface area contributed by atoms with E-state index in [2.05, 4.69) is 11.8 Å². The zero-order chi connectivity index (χ0) is 9.26. The zero-order valence-corrected chi connectivity index (χ0v) is 8.71. The Morgan fingerprint density at radius 1 is 1.38 bits per heavy atom. The third-order valence-electron chi connectivity index (χ3n) is 3.51. The minimum Gasteiger partial charge on any atom is -0.327 e. The molecule has 0 radical (unpaired) electrons. The third-order valence-corrected chi connectivity index (χ3v) is 3.51. The molecule has 2 fully saturated rings. The second-order valence-corrected chi connectivity index (χ2v) is 4.98. The molecule has 13 heavy (non-hydrogen) atoms. The van der Waals surface area contributed by atoms with Crippen LogP contribution in [0.25, 0.3) is 0 Å². The molecule has 0 spiro atoms. The lowest BCUT2D eigenvalue weighted by Gasteiger charge is -2.32. The van der Waals surface area contributed by atoms with E-state index in [1.54, 1.807) is 0 Å². The van der Waals surface area contributed by atoms with Crippen LogP contribution in [0.1, 0.15) is 32.6 Å². The Balaban J connectivity index is 1.73. The molecule has 0 aromatic heterocycles. The van der Waals surface area contributed by atoms with Gasteiger partial charge in [-0.05, 0) is 44.1 Å². The van der Waals surface area contributed by atoms with E-state index in [0.29, 0.717) is 6.04 Å². The van der Waals surface area contributed by atoms with Gasteiger partial charge in [0.25, 0.3) is 0 Å². The van der Waals surface area contributed by atoms with Crippen molar-refractivity contribution >= 4 is 0 Å². The van der Waals surface area contributed by atoms with Crippen LogP contribution in [-0.2, 0) is 0 Å². The molecule has 1 aliphatic carbocycles. The molecule has 0 aromatic carbocycles. The molecule has 2 heteroatoms. The summed E-state index contributed by atoms with van der Waals surface area (Å²) in [6, 6.07) is 0.445. The van der Waals surface area contributed by atoms with Gasteiger partial charge in [0.1, 0.15) is 0 Å². The van der Waals surface area contributed by atoms with Crippen molar-refractivity contribution in [1.82, 2.24) is 4.90 Å². The van der Waals surface area contributed by atoms with Crippen LogP contribution in [0.4, 0.5) is 0 Å². The smallest absolute Gasteiger partial charge is 0.0168 e. The van der Waals surface area contributed by atoms with Gasteiger partial charge in [0, 0.05) is 19.1 Å². The fourth-order valence-electron chi connectivity index (χ4n) is 2.48. The molecule has 1 aliphatic heterocycles. The van der Waals surface area contributed by atoms with Crippen LogP contribution in [0.3, 0.4) is 0 Å². The minimum atomic E-state index is 0.445. The molecule has 1 saturated heterocycles. The third kappa shape index (κ3) is 2.68. The summed E-state index contributed by atoms with van der Waals surface area (Å²) in [6.45, 7) is 6.11. The summed E-state index contributed by atoms with van der Waals surface area (Å²) in [6.07, 6.45) is 5.48. The molecule has 2 rings (SSSR count). The van der Waals surface area contributed by atoms with Crippen molar-refractivity contribution in [3.05, 3.63) is 0 Å². The van der Waals surface area contributed by atoms with E-state index in [1.807, 2.05) is 0 Å². The fraction of sp³-hybridized carbons (Fsp3) is 1.00. The molecule has 2 atom stereocenters. The Labute approximate surface area is 81.5 Å². The highest BCUT2D eigenvalue weighted by Crippen LogP contribution is 2.37. The van der Waals surface area contributed by atoms with Crippen molar-refractivity contribution in [2.75, 3.05) is 19.6 Å². The van der Waals surface area contributed by atoms with Crippen LogP contribution in [0.2, 0.25) is 0 Å². The first-order chi connectivity index (χ1) is 6.25. The van der Waals surface area contributed by atoms with Gasteiger partial charge < -0.3 is 10.6 Å². The van der Waals surface area contributed by atoms with Crippen molar-refractivity contribution in [3.63, 3.8) is 0 Å². The first kappa shape index (κ1) is 9.47. The first-order valence-corrected chi connectivity index (χ1v) is 5.73. The molecule has 2 nitrogen and oxygen atoms in total. The number of piperidine rings is 1. The maximum absolute atomic E-state index is 5.95. The molecule has 1 saturated carbocycles. The van der Waals surface area contributed by atoms with Crippen LogP contribution in [-0.4, -0.2) is 30.6 Å². The number of nitrogens with two attached hydrogens (primary N) is 1. The maximum atomic E-state index is 5.95. The lowest BCUT2D eigenvalue weighted by atomic mass is 10.0. The number of likely N-dealkylation sites (tertiary alicyclic amines) is 1. The summed E-state index contributed by atoms with van der Waals surface area (Å²) in [4.78, 5) is 2.57. The van der Waals surface area contributed by atoms with E-state index in [1.165, 1.54) is 38.8 Å². The summed E-state index contributed by atoms with van der Waals surface area (Å²) in [5, 5.41) is 0. The molecule has 0 amide bonds. The van der Waals surface area contributed by atoms with Crippen molar-refractivity contribution in [2.45, 2.75) is 38.6 Å². The van der Waals surface area contributed by atoms with E-state index in [9.17, 15) is 0 Å². The molecule has 2 unspecified atom stereocenters. The van der Waals surface area contributed by atoms with Gasteiger partial charge in [-0.25, -0.2) is 0 Å². The highest BCUT2D eigenvalue weighted by molar-refractivity contribution is 4.83. The molecule has 0 bridgehead atoms. The van der Waals surface area contributed by atoms with Crippen molar-refractivity contribution in [2.24, 2.45) is 17.6 Å². The maximum Gasteiger partial charge on any atom is 0.0168 e. The van der Waals surface area contributed by atoms with Gasteiger partial charge >= 0.3 is 0 Å². The molecular formula is C11H22N2. The molecule has 76 valence electrons. The Hall–Kier alpha value is -0.0800. The van der Waals surface area contributed by atoms with E-state index in [-0.39, 0.29) is 0 Å². The summed E-state index contributed by atoms with van der Waals surface area (Å²) < 4.78 is 0. The zero-order valence-electron chi connectivity index (χ0n) is 8.71. The topological polar surface area (TPSA) is 29.3 Å². The lowest BCUT2D eigenvalue weighted by Crippen LogP contribution is -2.44. The normalized spacial score (nSPS) is 33.2. The van der Waals surface area contributed by atoms with Crippen LogP contribution in [0, 0.1) is 11.8 Å². The minimum absolute atomic E-state index is 0.445. The van der Waals surface area contributed by atoms with Gasteiger partial charge in [-0.3, -0.25) is 0 Å². The Bertz CT molecular complexity index is 165. The quantitative estimate of drug-likeness (QED) is 0.716. The second kappa shape index (κ2) is 3.97. The number of hydrogen-bond donors (Lipinski definition) is 1. The summed E-state index contributed by atoms with van der Waals surface area (Å²) in [5.74, 6) is 1.95. The van der Waals surface area contributed by atoms with Crippen molar-refractivity contribution in [3.8, 4) is 0 Å². The van der Waals surface area contributed by atoms with Crippen molar-refractivity contribution < 1.29 is 0 Å². The van der Waals surface area contributed by atoms with Gasteiger partial charge in [0.2, 0.25) is 0 Å². The van der Waals surface area contributed by atoms with Crippen LogP contribution in [0.15, 0.2) is 0 Å². The SMILES string of the molecule is CC(CN1CCCC(N)C1)C1CC1. The van der Waals surface area contributed by atoms with Crippen LogP contribution < -0.4 is 5.73 Å². The largest absolute Gasteiger partial charge is 0.327 e. The average molecular weight is 182 g/mol. The number of rotatable bonds is 3. The first-order valence-electron chi connectivity index (χ1n) is 5.73. The monoisotopic (exact) mass is 182 g/mol. The number of hydrogen-bond acceptors (Lipinski definition) is 2. The Kier molecular flexibility index (Phi) is 2.89. The lowest BCUT2D eigenvalue weighted by molar-refractivity contribution is 0.177. The Morgan fingerprint density at radius 2 is 2.15 bits per heavy atom. The molecule has 2 aliphatic rings. The highest BCUT2D eigenvalue weighted by atomic mass is 15.1. The fourth-order valence-corrected chi connectivity index (χ4v) is 2.48. The van der Waals surface area contributed by atoms with Gasteiger partial charge in [0.05, 0.1) is 0 Å². The predicted molar refractivity (Wildman–Crippen MR) is 55.5 cm³/mol. The molecule has 0 aromatic rings. The van der Waals surface area contributed by atoms with E-state index < -0.39 is 0 Å². The Morgan fingerprint density at radius 3 is 2.77 bits per heavy atom. The molecule has 2 N–H and O–H groups in total. The standard InChI is InChI=1S/C11H22N2/c1-9(10-4-5-10)7-13-6-2-3-11(12)8-13/h9-11H,2-8,12H2,1H3. The highest BCUT2D eigenvalue weighted by Gasteiger charge is 2.29. The summed E-state index contributed by atoms with van der Waals surface area (Å²) in [7, 11) is 0. The summed E-state index contributed by atoms with van der Waals surface area (Å²) >= 11 is 0. The molecular weight excluding hydrogens is 160 g/mol. The van der Waals surface area contributed by atoms with Crippen LogP contribution in [0.5, 0.6) is 0 Å². The van der Waals surface area contributed by atoms with Crippen molar-refractivity contribution in [1.29, 1.82) is 0 Å². The van der Waals surface area contributed by atoms with E-state index in [4.69, 9.17) is 5.73 Å². The van der Waals surface area contributed by atoms with E-state index in [0.717, 1.165) is 18.4 Å². The number of nitrogens with zero attached hydrogens (tertiary/aromatic N) is 1. The van der Waals surface area contributed by atoms with Gasteiger partial charge in [-0.15, -0.1) is 0 Å². The van der Waals surface area contributed by atoms with Gasteiger partial charge in [-0.2, -0.15) is 0 Å². The second-order valence-electron chi connectivity index (χ2n) is 4.98. The predicted octanol–water partition coefficient (Wildman–Crippen LogP) is 1.46. The summed E-state index contributed by atoms with van der Waals surface area (Å²) in [5.41, 5.74) is 5.95. The average Bonchev–Trinajstić information content (AvgIpc) is 2.85. The van der Waals surface area contributed by atoms with Gasteiger partial charge in [-0.1, -0.05) is 6.92 Å². The van der Waals surface area contributed by atoms with Gasteiger partial charge in [0.15, 0.2) is 0 Å².